The van der Waals surface area contributed by atoms with Gasteiger partial charge in [-0.3, -0.25) is 14.5 Å². The second kappa shape index (κ2) is 9.45. The highest BCUT2D eigenvalue weighted by Gasteiger charge is 2.44. The number of nitrogens with one attached hydrogen (secondary N) is 2. The van der Waals surface area contributed by atoms with E-state index in [2.05, 4.69) is 10.6 Å². The second-order valence-corrected chi connectivity index (χ2v) is 8.44. The number of esters is 1. The van der Waals surface area contributed by atoms with Gasteiger partial charge in [0.2, 0.25) is 11.8 Å². The summed E-state index contributed by atoms with van der Waals surface area (Å²) < 4.78 is 4.80. The molecule has 4 atom stereocenters. The van der Waals surface area contributed by atoms with Crippen molar-refractivity contribution in [1.29, 1.82) is 0 Å². The van der Waals surface area contributed by atoms with E-state index >= 15 is 0 Å². The number of hydrogen-bond acceptors (Lipinski definition) is 5. The Morgan fingerprint density at radius 3 is 2.52 bits per heavy atom. The zero-order valence-corrected chi connectivity index (χ0v) is 16.9. The topological polar surface area (TPSA) is 125 Å². The van der Waals surface area contributed by atoms with Crippen LogP contribution in [0.5, 0.6) is 0 Å². The molecular formula is C20H31N3O6. The fraction of sp³-hybridized carbons (Fsp3) is 0.800. The van der Waals surface area contributed by atoms with Crippen molar-refractivity contribution in [3.63, 3.8) is 0 Å². The zero-order chi connectivity index (χ0) is 21.0. The van der Waals surface area contributed by atoms with E-state index in [1.54, 1.807) is 0 Å². The van der Waals surface area contributed by atoms with E-state index in [9.17, 15) is 24.3 Å². The van der Waals surface area contributed by atoms with Gasteiger partial charge < -0.3 is 20.5 Å². The number of methoxy groups -OCH3 is 1. The first-order chi connectivity index (χ1) is 13.9. The highest BCUT2D eigenvalue weighted by Crippen LogP contribution is 2.37. The van der Waals surface area contributed by atoms with Crippen LogP contribution < -0.4 is 10.6 Å². The lowest BCUT2D eigenvalue weighted by Crippen LogP contribution is -2.51. The molecule has 162 valence electrons. The molecule has 2 heterocycles. The molecule has 0 spiro atoms. The van der Waals surface area contributed by atoms with Gasteiger partial charge in [0.25, 0.3) is 0 Å². The van der Waals surface area contributed by atoms with Crippen LogP contribution in [0.15, 0.2) is 0 Å². The maximum absolute atomic E-state index is 13.0. The molecular weight excluding hydrogens is 378 g/mol. The van der Waals surface area contributed by atoms with E-state index in [0.29, 0.717) is 31.8 Å². The van der Waals surface area contributed by atoms with Crippen LogP contribution >= 0.6 is 0 Å². The number of carboxylic acid groups (broad SMARTS) is 1. The zero-order valence-electron chi connectivity index (χ0n) is 16.9. The Kier molecular flexibility index (Phi) is 6.97. The summed E-state index contributed by atoms with van der Waals surface area (Å²) in [7, 11) is 1.23. The van der Waals surface area contributed by atoms with Crippen LogP contribution in [0, 0.1) is 17.8 Å². The Balaban J connectivity index is 1.67. The van der Waals surface area contributed by atoms with Gasteiger partial charge in [0.1, 0.15) is 12.1 Å². The predicted molar refractivity (Wildman–Crippen MR) is 103 cm³/mol. The number of amides is 3. The number of carbonyl (C=O) groups excluding carboxylic acids is 3. The van der Waals surface area contributed by atoms with Gasteiger partial charge in [-0.1, -0.05) is 32.1 Å². The smallest absolute Gasteiger partial charge is 0.407 e. The first-order valence-electron chi connectivity index (χ1n) is 10.6. The van der Waals surface area contributed by atoms with Crippen LogP contribution in [0.4, 0.5) is 4.79 Å². The number of rotatable bonds is 6. The molecule has 0 aromatic rings. The first kappa shape index (κ1) is 21.4. The van der Waals surface area contributed by atoms with Gasteiger partial charge in [-0.2, -0.15) is 0 Å². The van der Waals surface area contributed by atoms with Crippen LogP contribution in [-0.2, 0) is 19.1 Å². The van der Waals surface area contributed by atoms with Crippen molar-refractivity contribution in [2.45, 2.75) is 63.5 Å². The Bertz CT molecular complexity index is 648. The minimum atomic E-state index is -1.12. The highest BCUT2D eigenvalue weighted by atomic mass is 16.5. The number of likely N-dealkylation sites (tertiary alicyclic amines) is 1. The van der Waals surface area contributed by atoms with Gasteiger partial charge in [0.05, 0.1) is 7.11 Å². The maximum atomic E-state index is 13.0. The van der Waals surface area contributed by atoms with Crippen molar-refractivity contribution in [2.24, 2.45) is 17.8 Å². The summed E-state index contributed by atoms with van der Waals surface area (Å²) in [6.07, 6.45) is 5.77. The largest absolute Gasteiger partial charge is 0.467 e. The van der Waals surface area contributed by atoms with Crippen molar-refractivity contribution >= 4 is 23.9 Å². The van der Waals surface area contributed by atoms with Gasteiger partial charge in [0.15, 0.2) is 0 Å². The van der Waals surface area contributed by atoms with E-state index in [1.165, 1.54) is 18.4 Å². The van der Waals surface area contributed by atoms with Gasteiger partial charge in [-0.05, 0) is 31.1 Å². The monoisotopic (exact) mass is 409 g/mol. The van der Waals surface area contributed by atoms with Crippen LogP contribution in [0.25, 0.3) is 0 Å². The van der Waals surface area contributed by atoms with Gasteiger partial charge in [-0.25, -0.2) is 9.59 Å². The average molecular weight is 409 g/mol. The van der Waals surface area contributed by atoms with Gasteiger partial charge in [-0.15, -0.1) is 0 Å². The molecule has 9 nitrogen and oxygen atoms in total. The quantitative estimate of drug-likeness (QED) is 0.565. The molecule has 2 saturated heterocycles. The molecule has 0 unspecified atom stereocenters. The van der Waals surface area contributed by atoms with Crippen molar-refractivity contribution in [1.82, 2.24) is 15.5 Å². The summed E-state index contributed by atoms with van der Waals surface area (Å²) in [6, 6.07) is -1.78. The molecule has 0 radical (unpaired) electrons. The maximum Gasteiger partial charge on any atom is 0.407 e. The third-order valence-corrected chi connectivity index (χ3v) is 6.68. The van der Waals surface area contributed by atoms with Crippen molar-refractivity contribution < 1.29 is 29.0 Å². The molecule has 3 rings (SSSR count). The second-order valence-electron chi connectivity index (χ2n) is 8.44. The molecule has 3 amide bonds. The normalized spacial score (nSPS) is 28.7. The Labute approximate surface area is 170 Å². The molecule has 0 aromatic heterocycles. The lowest BCUT2D eigenvalue weighted by atomic mass is 9.79. The average Bonchev–Trinajstić information content (AvgIpc) is 3.34. The van der Waals surface area contributed by atoms with Crippen LogP contribution in [0.1, 0.15) is 51.4 Å². The summed E-state index contributed by atoms with van der Waals surface area (Å²) in [4.78, 5) is 49.9. The summed E-state index contributed by atoms with van der Waals surface area (Å²) >= 11 is 0. The highest BCUT2D eigenvalue weighted by molar-refractivity contribution is 5.90. The fourth-order valence-corrected chi connectivity index (χ4v) is 5.05. The summed E-state index contributed by atoms with van der Waals surface area (Å²) in [5.41, 5.74) is 0. The van der Waals surface area contributed by atoms with E-state index < -0.39 is 30.1 Å². The van der Waals surface area contributed by atoms with Crippen LogP contribution in [0.3, 0.4) is 0 Å². The molecule has 0 aromatic carbocycles. The number of nitrogens with zero attached hydrogens (tertiary/aromatic N) is 1. The van der Waals surface area contributed by atoms with E-state index in [1.807, 2.05) is 0 Å². The van der Waals surface area contributed by atoms with Crippen LogP contribution in [-0.4, -0.2) is 66.2 Å². The molecule has 1 saturated carbocycles. The molecule has 2 aliphatic heterocycles. The van der Waals surface area contributed by atoms with Gasteiger partial charge in [0, 0.05) is 19.0 Å². The minimum Gasteiger partial charge on any atom is -0.467 e. The third-order valence-electron chi connectivity index (χ3n) is 6.68. The molecule has 0 bridgehead atoms. The SMILES string of the molecule is COC(=O)[C@H](C[C@@H]1CCNC1=O)NC(=O)[C@@H]1C[C@@H](C2CCCCC2)CN1C(=O)O. The predicted octanol–water partition coefficient (Wildman–Crippen LogP) is 1.12. The standard InChI is InChI=1S/C20H31N3O6/c1-29-19(26)15(9-13-7-8-21-17(13)24)22-18(25)16-10-14(11-23(16)20(27)28)12-5-3-2-4-6-12/h12-16H,2-11H2,1H3,(H,21,24)(H,22,25)(H,27,28)/t13-,14+,15-,16-/m0/s1. The van der Waals surface area contributed by atoms with Crippen LogP contribution in [0.2, 0.25) is 0 Å². The van der Waals surface area contributed by atoms with Crippen molar-refractivity contribution in [3.05, 3.63) is 0 Å². The van der Waals surface area contributed by atoms with E-state index in [0.717, 1.165) is 25.7 Å². The van der Waals surface area contributed by atoms with Gasteiger partial charge >= 0.3 is 12.1 Å². The Morgan fingerprint density at radius 2 is 1.93 bits per heavy atom. The molecule has 3 aliphatic rings. The molecule has 9 heteroatoms. The lowest BCUT2D eigenvalue weighted by molar-refractivity contribution is -0.146. The minimum absolute atomic E-state index is 0.140. The first-order valence-corrected chi connectivity index (χ1v) is 10.6. The summed E-state index contributed by atoms with van der Waals surface area (Å²) in [6.45, 7) is 0.899. The molecule has 3 fully saturated rings. The van der Waals surface area contributed by atoms with Crippen molar-refractivity contribution in [2.75, 3.05) is 20.2 Å². The molecule has 3 N–H and O–H groups in total. The van der Waals surface area contributed by atoms with Crippen molar-refractivity contribution in [3.8, 4) is 0 Å². The molecule has 1 aliphatic carbocycles. The fourth-order valence-electron chi connectivity index (χ4n) is 5.05. The molecule has 29 heavy (non-hydrogen) atoms. The van der Waals surface area contributed by atoms with E-state index in [4.69, 9.17) is 4.74 Å². The Hall–Kier alpha value is -2.32. The number of hydrogen-bond donors (Lipinski definition) is 3. The van der Waals surface area contributed by atoms with E-state index in [-0.39, 0.29) is 24.2 Å². The summed E-state index contributed by atoms with van der Waals surface area (Å²) in [5.74, 6) is -1.00. The summed E-state index contributed by atoms with van der Waals surface area (Å²) in [5, 5.41) is 15.0. The third kappa shape index (κ3) is 5.00. The lowest BCUT2D eigenvalue weighted by Gasteiger charge is -2.26. The number of ether oxygens (including phenoxy) is 1. The Morgan fingerprint density at radius 1 is 1.21 bits per heavy atom. The number of carbonyl (C=O) groups is 4.